The van der Waals surface area contributed by atoms with Gasteiger partial charge >= 0.3 is 0 Å². The van der Waals surface area contributed by atoms with E-state index in [1.165, 1.54) is 29.2 Å². The van der Waals surface area contributed by atoms with Crippen molar-refractivity contribution in [3.63, 3.8) is 0 Å². The number of rotatable bonds is 6. The zero-order valence-corrected chi connectivity index (χ0v) is 17.1. The molecule has 1 aliphatic rings. The van der Waals surface area contributed by atoms with Crippen LogP contribution in [0.5, 0.6) is 5.75 Å². The minimum atomic E-state index is -2.32. The summed E-state index contributed by atoms with van der Waals surface area (Å²) in [7, 11) is 0. The normalized spacial score (nSPS) is 14.7. The lowest BCUT2D eigenvalue weighted by atomic mass is 10.2. The van der Waals surface area contributed by atoms with Gasteiger partial charge in [-0.15, -0.1) is 0 Å². The molecule has 0 bridgehead atoms. The first-order chi connectivity index (χ1) is 15.7. The Kier molecular flexibility index (Phi) is 7.79. The van der Waals surface area contributed by atoms with Crippen molar-refractivity contribution in [2.45, 2.75) is 6.42 Å². The maximum atomic E-state index is 13.7. The van der Waals surface area contributed by atoms with Gasteiger partial charge in [0.15, 0.2) is 12.4 Å². The fourth-order valence-corrected chi connectivity index (χ4v) is 3.25. The van der Waals surface area contributed by atoms with E-state index >= 15 is 0 Å². The summed E-state index contributed by atoms with van der Waals surface area (Å²) in [5, 5.41) is 2.63. The molecule has 2 amide bonds. The summed E-state index contributed by atoms with van der Waals surface area (Å²) in [5.74, 6) is -14.0. The SMILES string of the molecule is O=C(CN1CCCN(C(=O)COc2c(F)c(F)c(F)c(F)c2F)CC1)Nc1ccc(F)cc1. The maximum absolute atomic E-state index is 13.7. The van der Waals surface area contributed by atoms with Crippen molar-refractivity contribution in [2.24, 2.45) is 0 Å². The van der Waals surface area contributed by atoms with Gasteiger partial charge in [-0.2, -0.15) is 8.78 Å². The molecular formula is C21H19F6N3O3. The smallest absolute Gasteiger partial charge is 0.260 e. The predicted molar refractivity (Wildman–Crippen MR) is 104 cm³/mol. The van der Waals surface area contributed by atoms with Gasteiger partial charge in [0.05, 0.1) is 6.54 Å². The van der Waals surface area contributed by atoms with Gasteiger partial charge in [0.1, 0.15) is 5.82 Å². The van der Waals surface area contributed by atoms with Crippen molar-refractivity contribution in [1.29, 1.82) is 0 Å². The molecule has 2 aromatic carbocycles. The Morgan fingerprint density at radius 2 is 1.42 bits per heavy atom. The monoisotopic (exact) mass is 475 g/mol. The van der Waals surface area contributed by atoms with Crippen molar-refractivity contribution in [3.8, 4) is 5.75 Å². The summed E-state index contributed by atoms with van der Waals surface area (Å²) in [6.45, 7) is 0.257. The van der Waals surface area contributed by atoms with Crippen LogP contribution in [-0.4, -0.2) is 60.9 Å². The van der Waals surface area contributed by atoms with Gasteiger partial charge in [0, 0.05) is 31.9 Å². The van der Waals surface area contributed by atoms with Gasteiger partial charge in [0.25, 0.3) is 5.91 Å². The topological polar surface area (TPSA) is 61.9 Å². The lowest BCUT2D eigenvalue weighted by molar-refractivity contribution is -0.133. The minimum absolute atomic E-state index is 0.0143. The zero-order chi connectivity index (χ0) is 24.1. The van der Waals surface area contributed by atoms with E-state index in [4.69, 9.17) is 0 Å². The van der Waals surface area contributed by atoms with Crippen LogP contribution in [0.2, 0.25) is 0 Å². The van der Waals surface area contributed by atoms with E-state index in [9.17, 15) is 35.9 Å². The molecule has 33 heavy (non-hydrogen) atoms. The minimum Gasteiger partial charge on any atom is -0.477 e. The molecule has 1 aliphatic heterocycles. The average molecular weight is 475 g/mol. The number of ether oxygens (including phenoxy) is 1. The highest BCUT2D eigenvalue weighted by Gasteiger charge is 2.28. The number of nitrogens with zero attached hydrogens (tertiary/aromatic N) is 2. The fourth-order valence-electron chi connectivity index (χ4n) is 3.25. The highest BCUT2D eigenvalue weighted by Crippen LogP contribution is 2.29. The molecule has 0 radical (unpaired) electrons. The van der Waals surface area contributed by atoms with Gasteiger partial charge in [-0.05, 0) is 30.7 Å². The van der Waals surface area contributed by atoms with Gasteiger partial charge in [0.2, 0.25) is 35.0 Å². The summed E-state index contributed by atoms with van der Waals surface area (Å²) in [6.07, 6.45) is 0.470. The van der Waals surface area contributed by atoms with E-state index in [1.807, 2.05) is 0 Å². The molecule has 0 atom stereocenters. The summed E-state index contributed by atoms with van der Waals surface area (Å²) in [5.41, 5.74) is 0.429. The molecule has 0 aromatic heterocycles. The Morgan fingerprint density at radius 1 is 0.818 bits per heavy atom. The molecule has 1 N–H and O–H groups in total. The third-order valence-corrected chi connectivity index (χ3v) is 4.95. The number of hydrogen-bond acceptors (Lipinski definition) is 4. The molecule has 1 saturated heterocycles. The van der Waals surface area contributed by atoms with E-state index in [-0.39, 0.29) is 25.5 Å². The number of amides is 2. The Hall–Kier alpha value is -3.28. The number of carbonyl (C=O) groups is 2. The van der Waals surface area contributed by atoms with Gasteiger partial charge in [-0.1, -0.05) is 0 Å². The second-order valence-corrected chi connectivity index (χ2v) is 7.25. The molecule has 1 heterocycles. The molecule has 0 unspecified atom stereocenters. The van der Waals surface area contributed by atoms with Gasteiger partial charge < -0.3 is 15.0 Å². The van der Waals surface area contributed by atoms with Crippen LogP contribution in [0, 0.1) is 34.9 Å². The van der Waals surface area contributed by atoms with E-state index in [0.717, 1.165) is 0 Å². The van der Waals surface area contributed by atoms with Gasteiger partial charge in [-0.25, -0.2) is 17.6 Å². The molecule has 0 aliphatic carbocycles. The lowest BCUT2D eigenvalue weighted by Gasteiger charge is -2.22. The second-order valence-electron chi connectivity index (χ2n) is 7.25. The zero-order valence-electron chi connectivity index (χ0n) is 17.1. The lowest BCUT2D eigenvalue weighted by Crippen LogP contribution is -2.39. The molecule has 0 saturated carbocycles. The number of nitrogens with one attached hydrogen (secondary N) is 1. The summed E-state index contributed by atoms with van der Waals surface area (Å²) in [4.78, 5) is 27.6. The molecule has 0 spiro atoms. The van der Waals surface area contributed by atoms with E-state index in [2.05, 4.69) is 10.1 Å². The number of carbonyl (C=O) groups excluding carboxylic acids is 2. The van der Waals surface area contributed by atoms with Crippen molar-refractivity contribution in [3.05, 3.63) is 59.2 Å². The average Bonchev–Trinajstić information content (AvgIpc) is 3.03. The maximum Gasteiger partial charge on any atom is 0.260 e. The fraction of sp³-hybridized carbons (Fsp3) is 0.333. The Morgan fingerprint density at radius 3 is 2.06 bits per heavy atom. The van der Waals surface area contributed by atoms with Crippen LogP contribution in [0.25, 0.3) is 0 Å². The van der Waals surface area contributed by atoms with Crippen molar-refractivity contribution in [1.82, 2.24) is 9.80 Å². The number of anilines is 1. The van der Waals surface area contributed by atoms with Crippen molar-refractivity contribution < 1.29 is 40.7 Å². The van der Waals surface area contributed by atoms with E-state index < -0.39 is 53.2 Å². The number of hydrogen-bond donors (Lipinski definition) is 1. The van der Waals surface area contributed by atoms with E-state index in [1.54, 1.807) is 4.90 Å². The quantitative estimate of drug-likeness (QED) is 0.397. The Labute approximate surface area is 184 Å². The second kappa shape index (κ2) is 10.6. The van der Waals surface area contributed by atoms with E-state index in [0.29, 0.717) is 25.2 Å². The highest BCUT2D eigenvalue weighted by atomic mass is 19.2. The predicted octanol–water partition coefficient (Wildman–Crippen LogP) is 3.07. The first-order valence-electron chi connectivity index (χ1n) is 9.87. The van der Waals surface area contributed by atoms with Crippen LogP contribution in [0.3, 0.4) is 0 Å². The molecule has 2 aromatic rings. The van der Waals surface area contributed by atoms with Crippen LogP contribution in [0.1, 0.15) is 6.42 Å². The number of halogens is 6. The molecular weight excluding hydrogens is 456 g/mol. The Bertz CT molecular complexity index is 1010. The molecule has 12 heteroatoms. The van der Waals surface area contributed by atoms with Crippen molar-refractivity contribution in [2.75, 3.05) is 44.6 Å². The summed E-state index contributed by atoms with van der Waals surface area (Å²) in [6, 6.07) is 5.25. The van der Waals surface area contributed by atoms with Gasteiger partial charge in [-0.3, -0.25) is 14.5 Å². The molecule has 6 nitrogen and oxygen atoms in total. The van der Waals surface area contributed by atoms with Crippen LogP contribution in [-0.2, 0) is 9.59 Å². The van der Waals surface area contributed by atoms with Crippen LogP contribution in [0.15, 0.2) is 24.3 Å². The van der Waals surface area contributed by atoms with Crippen LogP contribution in [0.4, 0.5) is 32.0 Å². The van der Waals surface area contributed by atoms with Crippen LogP contribution < -0.4 is 10.1 Å². The summed E-state index contributed by atoms with van der Waals surface area (Å²) < 4.78 is 84.5. The third-order valence-electron chi connectivity index (χ3n) is 4.95. The first kappa shape index (κ1) is 24.4. The first-order valence-corrected chi connectivity index (χ1v) is 9.87. The largest absolute Gasteiger partial charge is 0.477 e. The van der Waals surface area contributed by atoms with Crippen LogP contribution >= 0.6 is 0 Å². The van der Waals surface area contributed by atoms with Crippen molar-refractivity contribution >= 4 is 17.5 Å². The summed E-state index contributed by atoms with van der Waals surface area (Å²) >= 11 is 0. The standard InChI is InChI=1S/C21H19F6N3O3/c22-12-2-4-13(5-3-12)28-14(31)10-29-6-1-7-30(9-8-29)15(32)11-33-21-19(26)17(24)16(23)18(25)20(21)27/h2-5H,1,6-11H2,(H,28,31). The molecule has 1 fully saturated rings. The Balaban J connectivity index is 1.52. The molecule has 178 valence electrons. The third kappa shape index (κ3) is 5.95. The highest BCUT2D eigenvalue weighted by molar-refractivity contribution is 5.92. The number of benzene rings is 2. The molecule has 3 rings (SSSR count).